The molecule has 0 spiro atoms. The minimum Gasteiger partial charge on any atom is -0.375 e. The lowest BCUT2D eigenvalue weighted by atomic mass is 9.89. The summed E-state index contributed by atoms with van der Waals surface area (Å²) in [5.74, 6) is -1.03. The van der Waals surface area contributed by atoms with Crippen molar-refractivity contribution in [2.24, 2.45) is 0 Å². The summed E-state index contributed by atoms with van der Waals surface area (Å²) in [5, 5.41) is 3.44. The number of halogens is 2. The van der Waals surface area contributed by atoms with E-state index < -0.39 is 11.6 Å². The van der Waals surface area contributed by atoms with E-state index >= 15 is 0 Å². The Morgan fingerprint density at radius 2 is 2.20 bits per heavy atom. The Bertz CT molecular complexity index is 466. The minimum absolute atomic E-state index is 0.100. The smallest absolute Gasteiger partial charge is 0.130 e. The summed E-state index contributed by atoms with van der Waals surface area (Å²) in [7, 11) is 0. The van der Waals surface area contributed by atoms with Crippen molar-refractivity contribution < 1.29 is 13.5 Å². The van der Waals surface area contributed by atoms with Crippen molar-refractivity contribution in [3.8, 4) is 0 Å². The molecule has 1 saturated heterocycles. The largest absolute Gasteiger partial charge is 0.375 e. The summed E-state index contributed by atoms with van der Waals surface area (Å²) in [4.78, 5) is 0. The quantitative estimate of drug-likeness (QED) is 0.903. The van der Waals surface area contributed by atoms with Gasteiger partial charge in [-0.05, 0) is 39.2 Å². The molecule has 1 aliphatic heterocycles. The first kappa shape index (κ1) is 15.4. The zero-order valence-corrected chi connectivity index (χ0v) is 12.4. The monoisotopic (exact) mass is 283 g/mol. The molecule has 0 aromatic heterocycles. The van der Waals surface area contributed by atoms with Crippen LogP contribution in [0.15, 0.2) is 18.2 Å². The first-order valence-electron chi connectivity index (χ1n) is 7.28. The Hall–Kier alpha value is -1.00. The summed E-state index contributed by atoms with van der Waals surface area (Å²) in [6.45, 7) is 6.87. The highest BCUT2D eigenvalue weighted by Crippen LogP contribution is 2.29. The predicted octanol–water partition coefficient (Wildman–Crippen LogP) is 3.96. The van der Waals surface area contributed by atoms with Crippen LogP contribution in [-0.2, 0) is 4.74 Å². The van der Waals surface area contributed by atoms with Crippen molar-refractivity contribution in [3.63, 3.8) is 0 Å². The highest BCUT2D eigenvalue weighted by Gasteiger charge is 2.32. The second kappa shape index (κ2) is 6.19. The van der Waals surface area contributed by atoms with Gasteiger partial charge in [0.1, 0.15) is 11.6 Å². The fraction of sp³-hybridized carbons (Fsp3) is 0.625. The molecule has 0 radical (unpaired) electrons. The topological polar surface area (TPSA) is 21.3 Å². The number of rotatable bonds is 4. The zero-order valence-electron chi connectivity index (χ0n) is 12.4. The highest BCUT2D eigenvalue weighted by molar-refractivity contribution is 5.21. The van der Waals surface area contributed by atoms with Crippen molar-refractivity contribution >= 4 is 0 Å². The van der Waals surface area contributed by atoms with Gasteiger partial charge in [0.2, 0.25) is 0 Å². The number of hydrogen-bond donors (Lipinski definition) is 1. The van der Waals surface area contributed by atoms with Gasteiger partial charge in [-0.1, -0.05) is 13.0 Å². The van der Waals surface area contributed by atoms with Crippen molar-refractivity contribution in [1.82, 2.24) is 5.32 Å². The van der Waals surface area contributed by atoms with Crippen LogP contribution in [0.3, 0.4) is 0 Å². The minimum atomic E-state index is -0.539. The van der Waals surface area contributed by atoms with Gasteiger partial charge >= 0.3 is 0 Å². The molecule has 1 heterocycles. The van der Waals surface area contributed by atoms with Gasteiger partial charge in [-0.25, -0.2) is 8.78 Å². The molecule has 20 heavy (non-hydrogen) atoms. The molecule has 0 bridgehead atoms. The summed E-state index contributed by atoms with van der Waals surface area (Å²) in [5.41, 5.74) is 0.410. The number of nitrogens with one attached hydrogen (secondary N) is 1. The van der Waals surface area contributed by atoms with Crippen LogP contribution in [0.2, 0.25) is 0 Å². The Morgan fingerprint density at radius 1 is 1.45 bits per heavy atom. The van der Waals surface area contributed by atoms with Gasteiger partial charge in [-0.3, -0.25) is 0 Å². The molecule has 2 rings (SSSR count). The molecule has 1 aliphatic rings. The van der Waals surface area contributed by atoms with Gasteiger partial charge in [0.25, 0.3) is 0 Å². The Morgan fingerprint density at radius 3 is 2.85 bits per heavy atom. The molecule has 2 nitrogen and oxygen atoms in total. The van der Waals surface area contributed by atoms with E-state index in [1.165, 1.54) is 12.1 Å². The molecule has 3 atom stereocenters. The highest BCUT2D eigenvalue weighted by atomic mass is 19.1. The fourth-order valence-corrected chi connectivity index (χ4v) is 2.81. The van der Waals surface area contributed by atoms with Gasteiger partial charge in [-0.2, -0.15) is 0 Å². The molecule has 0 aliphatic carbocycles. The van der Waals surface area contributed by atoms with E-state index in [1.54, 1.807) is 0 Å². The number of benzene rings is 1. The van der Waals surface area contributed by atoms with Crippen molar-refractivity contribution in [2.45, 2.75) is 57.7 Å². The molecule has 4 heteroatoms. The SMILES string of the molecule is CCC1(C)CC(NC(C)c2ccc(F)cc2F)CCO1. The van der Waals surface area contributed by atoms with Gasteiger partial charge in [0.15, 0.2) is 0 Å². The average molecular weight is 283 g/mol. The predicted molar refractivity (Wildman–Crippen MR) is 75.6 cm³/mol. The standard InChI is InChI=1S/C16H23F2NO/c1-4-16(3)10-13(7-8-20-16)19-11(2)14-6-5-12(17)9-15(14)18/h5-6,9,11,13,19H,4,7-8,10H2,1-3H3. The first-order chi connectivity index (χ1) is 9.43. The molecule has 0 saturated carbocycles. The van der Waals surface area contributed by atoms with Crippen LogP contribution in [0.25, 0.3) is 0 Å². The second-order valence-corrected chi connectivity index (χ2v) is 5.90. The number of hydrogen-bond acceptors (Lipinski definition) is 2. The normalized spacial score (nSPS) is 28.4. The van der Waals surface area contributed by atoms with Crippen LogP contribution >= 0.6 is 0 Å². The van der Waals surface area contributed by atoms with Crippen molar-refractivity contribution in [2.75, 3.05) is 6.61 Å². The zero-order chi connectivity index (χ0) is 14.8. The maximum absolute atomic E-state index is 13.8. The second-order valence-electron chi connectivity index (χ2n) is 5.90. The molecular weight excluding hydrogens is 260 g/mol. The van der Waals surface area contributed by atoms with Crippen molar-refractivity contribution in [3.05, 3.63) is 35.4 Å². The van der Waals surface area contributed by atoms with Crippen LogP contribution in [0, 0.1) is 11.6 Å². The van der Waals surface area contributed by atoms with E-state index in [0.29, 0.717) is 11.6 Å². The van der Waals surface area contributed by atoms with Crippen molar-refractivity contribution in [1.29, 1.82) is 0 Å². The molecule has 1 aromatic rings. The van der Waals surface area contributed by atoms with Crippen LogP contribution in [0.4, 0.5) is 8.78 Å². The van der Waals surface area contributed by atoms with E-state index in [0.717, 1.165) is 31.9 Å². The summed E-state index contributed by atoms with van der Waals surface area (Å²) in [6.07, 6.45) is 2.80. The lowest BCUT2D eigenvalue weighted by molar-refractivity contribution is -0.0789. The molecule has 1 N–H and O–H groups in total. The summed E-state index contributed by atoms with van der Waals surface area (Å²) in [6, 6.07) is 3.92. The Kier molecular flexibility index (Phi) is 4.76. The Labute approximate surface area is 119 Å². The summed E-state index contributed by atoms with van der Waals surface area (Å²) < 4.78 is 32.5. The molecule has 1 aromatic carbocycles. The number of ether oxygens (including phenoxy) is 1. The van der Waals surface area contributed by atoms with Crippen LogP contribution in [0.1, 0.15) is 51.6 Å². The van der Waals surface area contributed by atoms with Crippen LogP contribution < -0.4 is 5.32 Å². The average Bonchev–Trinajstić information content (AvgIpc) is 2.38. The molecule has 112 valence electrons. The maximum atomic E-state index is 13.8. The fourth-order valence-electron chi connectivity index (χ4n) is 2.81. The van der Waals surface area contributed by atoms with E-state index in [9.17, 15) is 8.78 Å². The third kappa shape index (κ3) is 3.55. The first-order valence-corrected chi connectivity index (χ1v) is 7.28. The van der Waals surface area contributed by atoms with E-state index in [2.05, 4.69) is 19.2 Å². The lowest BCUT2D eigenvalue weighted by Gasteiger charge is -2.39. The van der Waals surface area contributed by atoms with Gasteiger partial charge in [0.05, 0.1) is 5.60 Å². The van der Waals surface area contributed by atoms with Crippen LogP contribution in [-0.4, -0.2) is 18.2 Å². The lowest BCUT2D eigenvalue weighted by Crippen LogP contribution is -2.45. The van der Waals surface area contributed by atoms with E-state index in [1.807, 2.05) is 6.92 Å². The third-order valence-corrected chi connectivity index (χ3v) is 4.26. The van der Waals surface area contributed by atoms with Gasteiger partial charge in [0, 0.05) is 30.3 Å². The van der Waals surface area contributed by atoms with Crippen LogP contribution in [0.5, 0.6) is 0 Å². The maximum Gasteiger partial charge on any atom is 0.130 e. The summed E-state index contributed by atoms with van der Waals surface area (Å²) >= 11 is 0. The van der Waals surface area contributed by atoms with Gasteiger partial charge in [-0.15, -0.1) is 0 Å². The third-order valence-electron chi connectivity index (χ3n) is 4.26. The molecule has 0 amide bonds. The Balaban J connectivity index is 2.02. The van der Waals surface area contributed by atoms with E-state index in [-0.39, 0.29) is 11.6 Å². The molecule has 1 fully saturated rings. The molecule has 3 unspecified atom stereocenters. The van der Waals surface area contributed by atoms with E-state index in [4.69, 9.17) is 4.74 Å². The molecular formula is C16H23F2NO. The van der Waals surface area contributed by atoms with Gasteiger partial charge < -0.3 is 10.1 Å².